The molecule has 2 aliphatic carbocycles. The molecule has 16 aromatic carbocycles. The monoisotopic (exact) mass is 1420 g/mol. The first kappa shape index (κ1) is 62.9. The molecule has 500 valence electrons. The Labute approximate surface area is 623 Å². The fourth-order valence-electron chi connectivity index (χ4n) is 18.2. The summed E-state index contributed by atoms with van der Waals surface area (Å²) in [6.07, 6.45) is 0. The van der Waals surface area contributed by atoms with Gasteiger partial charge in [-0.25, -0.2) is 0 Å². The molecule has 2 spiro atoms. The molecule has 6 nitrogen and oxygen atoms in total. The van der Waals surface area contributed by atoms with E-state index in [1.165, 1.54) is 134 Å². The van der Waals surface area contributed by atoms with Crippen molar-refractivity contribution in [3.8, 4) is 44.8 Å². The number of aromatic nitrogens is 2. The Bertz CT molecular complexity index is 6390. The number of para-hydroxylation sites is 10. The predicted molar refractivity (Wildman–Crippen MR) is 442 cm³/mol. The third kappa shape index (κ3) is 9.38. The van der Waals surface area contributed by atoms with Crippen LogP contribution in [0.25, 0.3) is 88.4 Å². The van der Waals surface area contributed by atoms with Gasteiger partial charge in [-0.2, -0.15) is 0 Å². The SMILES string of the molecule is Brc1cccc2c1C1(c3ccccc3-2)c2ccccc2N(c2ccccc2)c2ccccc21.OB(O)c1ccc2c3ccccc3n(-c3ccccc3)c2c1.c1ccc(N2c3ccccc3C3(c4ccccc4-c4cccc(-c5ccc6c7ccccc7n(-c7ccccc7)c6c5)c43)c3ccccc32)cc1. The summed E-state index contributed by atoms with van der Waals surface area (Å²) in [5.41, 5.74) is 31.8. The van der Waals surface area contributed by atoms with E-state index in [4.69, 9.17) is 0 Å². The van der Waals surface area contributed by atoms with E-state index in [1.54, 1.807) is 6.07 Å². The van der Waals surface area contributed by atoms with Crippen molar-refractivity contribution in [3.05, 3.63) is 437 Å². The molecule has 2 aliphatic heterocycles. The molecule has 0 fully saturated rings. The molecule has 0 saturated heterocycles. The number of anilines is 6. The smallest absolute Gasteiger partial charge is 0.423 e. The fourth-order valence-corrected chi connectivity index (χ4v) is 18.9. The zero-order valence-corrected chi connectivity index (χ0v) is 59.2. The van der Waals surface area contributed by atoms with Crippen molar-refractivity contribution in [3.63, 3.8) is 0 Å². The topological polar surface area (TPSA) is 56.8 Å². The van der Waals surface area contributed by atoms with E-state index in [0.717, 1.165) is 37.7 Å². The lowest BCUT2D eigenvalue weighted by molar-refractivity contribution is 0.426. The predicted octanol–water partition coefficient (Wildman–Crippen LogP) is 23.7. The maximum atomic E-state index is 9.47. The van der Waals surface area contributed by atoms with Crippen LogP contribution in [-0.2, 0) is 10.8 Å². The number of nitrogens with zero attached hydrogens (tertiary/aromatic N) is 4. The molecule has 0 bridgehead atoms. The van der Waals surface area contributed by atoms with Crippen molar-refractivity contribution in [2.75, 3.05) is 9.80 Å². The van der Waals surface area contributed by atoms with Gasteiger partial charge in [0, 0.05) is 48.8 Å². The van der Waals surface area contributed by atoms with Crippen LogP contribution in [-0.4, -0.2) is 26.3 Å². The van der Waals surface area contributed by atoms with Crippen LogP contribution in [0.1, 0.15) is 44.5 Å². The lowest BCUT2D eigenvalue weighted by atomic mass is 9.63. The second-order valence-electron chi connectivity index (χ2n) is 27.7. The van der Waals surface area contributed by atoms with E-state index >= 15 is 0 Å². The average molecular weight is 1420 g/mol. The molecular formula is C98H66BBrN4O2. The molecule has 22 rings (SSSR count). The van der Waals surface area contributed by atoms with E-state index in [1.807, 2.05) is 54.6 Å². The Morgan fingerprint density at radius 1 is 0.245 bits per heavy atom. The molecule has 2 N–H and O–H groups in total. The van der Waals surface area contributed by atoms with Gasteiger partial charge in [-0.15, -0.1) is 0 Å². The van der Waals surface area contributed by atoms with Crippen LogP contribution < -0.4 is 15.3 Å². The van der Waals surface area contributed by atoms with E-state index in [9.17, 15) is 10.0 Å². The molecule has 18 aromatic rings. The van der Waals surface area contributed by atoms with Crippen LogP contribution in [0.15, 0.2) is 393 Å². The van der Waals surface area contributed by atoms with Gasteiger partial charge in [-0.05, 0) is 186 Å². The second kappa shape index (κ2) is 25.3. The van der Waals surface area contributed by atoms with Gasteiger partial charge in [-0.3, -0.25) is 0 Å². The molecule has 0 saturated carbocycles. The molecule has 2 aromatic heterocycles. The number of fused-ring (bicyclic) bond motifs is 24. The number of hydrogen-bond donors (Lipinski definition) is 2. The lowest BCUT2D eigenvalue weighted by Gasteiger charge is -2.45. The normalized spacial score (nSPS) is 13.3. The summed E-state index contributed by atoms with van der Waals surface area (Å²) in [5, 5.41) is 23.7. The minimum Gasteiger partial charge on any atom is -0.423 e. The van der Waals surface area contributed by atoms with Gasteiger partial charge in [0.1, 0.15) is 0 Å². The van der Waals surface area contributed by atoms with E-state index in [0.29, 0.717) is 5.46 Å². The number of halogens is 1. The van der Waals surface area contributed by atoms with Gasteiger partial charge in [-0.1, -0.05) is 301 Å². The van der Waals surface area contributed by atoms with Crippen molar-refractivity contribution < 1.29 is 10.0 Å². The first-order chi connectivity index (χ1) is 52.4. The molecule has 8 heteroatoms. The molecular weight excluding hydrogens is 1360 g/mol. The highest BCUT2D eigenvalue weighted by Crippen LogP contribution is 2.67. The Kier molecular flexibility index (Phi) is 15.0. The summed E-state index contributed by atoms with van der Waals surface area (Å²) in [6, 6.07) is 139. The average Bonchev–Trinajstić information content (AvgIpc) is 1.46. The van der Waals surface area contributed by atoms with Gasteiger partial charge in [0.2, 0.25) is 0 Å². The summed E-state index contributed by atoms with van der Waals surface area (Å²) in [6.45, 7) is 0. The van der Waals surface area contributed by atoms with Crippen LogP contribution in [0.3, 0.4) is 0 Å². The van der Waals surface area contributed by atoms with Gasteiger partial charge in [0.25, 0.3) is 0 Å². The molecule has 106 heavy (non-hydrogen) atoms. The van der Waals surface area contributed by atoms with Crippen molar-refractivity contribution in [2.24, 2.45) is 0 Å². The minimum atomic E-state index is -1.47. The largest absolute Gasteiger partial charge is 0.488 e. The van der Waals surface area contributed by atoms with Crippen LogP contribution in [0.4, 0.5) is 34.1 Å². The van der Waals surface area contributed by atoms with Crippen molar-refractivity contribution >= 4 is 106 Å². The molecule has 4 aliphatic rings. The van der Waals surface area contributed by atoms with E-state index in [-0.39, 0.29) is 5.41 Å². The third-order valence-electron chi connectivity index (χ3n) is 22.3. The Morgan fingerprint density at radius 2 is 0.575 bits per heavy atom. The summed E-state index contributed by atoms with van der Waals surface area (Å²) in [4.78, 5) is 4.86. The summed E-state index contributed by atoms with van der Waals surface area (Å²) in [7, 11) is -1.47. The standard InChI is InChI=1S/C49H32N2.C31H20BrN.C18H14BNO2/c1-3-16-34(17-4-1)50-44-27-12-8-21-38(44)39-31-30-33(32-47(39)50)36-22-15-23-40-37-20-7-9-24-41(37)49(48(36)40)42-25-10-13-28-45(42)51(35-18-5-2-6-19-35)46-29-14-11-26-43(46)49;32-27-18-10-14-23-22-13-4-5-15-24(22)31(30(23)27)25-16-6-8-19-28(25)33(21-11-2-1-3-12-21)29-20-9-7-17-26(29)31;21-19(22)13-10-11-16-15-8-4-5-9-17(15)20(18(16)12-13)14-6-2-1-3-7-14/h1-32H;1-20H;1-12,21-22H. The van der Waals surface area contributed by atoms with Crippen LogP contribution in [0.2, 0.25) is 0 Å². The Morgan fingerprint density at radius 3 is 1.04 bits per heavy atom. The number of benzene rings is 16. The lowest BCUT2D eigenvalue weighted by Crippen LogP contribution is -2.36. The summed E-state index contributed by atoms with van der Waals surface area (Å²) >= 11 is 3.97. The second-order valence-corrected chi connectivity index (χ2v) is 28.5. The zero-order valence-electron chi connectivity index (χ0n) is 57.6. The number of rotatable bonds is 6. The highest BCUT2D eigenvalue weighted by Gasteiger charge is 2.54. The minimum absolute atomic E-state index is 0.384. The summed E-state index contributed by atoms with van der Waals surface area (Å²) < 4.78 is 5.72. The van der Waals surface area contributed by atoms with Crippen LogP contribution >= 0.6 is 15.9 Å². The van der Waals surface area contributed by atoms with Crippen molar-refractivity contribution in [1.29, 1.82) is 0 Å². The fraction of sp³-hybridized carbons (Fsp3) is 0.0204. The maximum absolute atomic E-state index is 9.47. The van der Waals surface area contributed by atoms with Crippen LogP contribution in [0, 0.1) is 0 Å². The highest BCUT2D eigenvalue weighted by atomic mass is 79.9. The Balaban J connectivity index is 0.000000116. The quantitative estimate of drug-likeness (QED) is 0.163. The van der Waals surface area contributed by atoms with Gasteiger partial charge in [0.05, 0.1) is 55.6 Å². The first-order valence-electron chi connectivity index (χ1n) is 36.2. The summed E-state index contributed by atoms with van der Waals surface area (Å²) in [5.74, 6) is 0. The van der Waals surface area contributed by atoms with Crippen LogP contribution in [0.5, 0.6) is 0 Å². The maximum Gasteiger partial charge on any atom is 0.488 e. The molecule has 0 atom stereocenters. The first-order valence-corrected chi connectivity index (χ1v) is 36.9. The van der Waals surface area contributed by atoms with Gasteiger partial charge in [0.15, 0.2) is 0 Å². The van der Waals surface area contributed by atoms with Crippen molar-refractivity contribution in [1.82, 2.24) is 9.13 Å². The van der Waals surface area contributed by atoms with Gasteiger partial charge < -0.3 is 29.0 Å². The third-order valence-corrected chi connectivity index (χ3v) is 23.0. The molecule has 0 amide bonds. The highest BCUT2D eigenvalue weighted by molar-refractivity contribution is 9.10. The van der Waals surface area contributed by atoms with Crippen molar-refractivity contribution in [2.45, 2.75) is 10.8 Å². The zero-order chi connectivity index (χ0) is 70.6. The Hall–Kier alpha value is -12.8. The molecule has 4 heterocycles. The number of hydrogen-bond acceptors (Lipinski definition) is 4. The molecule has 0 unspecified atom stereocenters. The van der Waals surface area contributed by atoms with E-state index < -0.39 is 12.5 Å². The molecule has 0 radical (unpaired) electrons. The van der Waals surface area contributed by atoms with Gasteiger partial charge >= 0.3 is 7.12 Å². The van der Waals surface area contributed by atoms with E-state index in [2.05, 4.69) is 362 Å².